The molecular formula is C27H33BrN2O7S. The van der Waals surface area contributed by atoms with Gasteiger partial charge in [0.25, 0.3) is 11.3 Å². The highest BCUT2D eigenvalue weighted by molar-refractivity contribution is 9.10. The number of sulfonamides is 1. The van der Waals surface area contributed by atoms with E-state index in [-0.39, 0.29) is 17.0 Å². The van der Waals surface area contributed by atoms with Crippen LogP contribution in [0.2, 0.25) is 0 Å². The van der Waals surface area contributed by atoms with Crippen molar-refractivity contribution >= 4 is 49.5 Å². The molecule has 0 saturated heterocycles. The quantitative estimate of drug-likeness (QED) is 0.357. The van der Waals surface area contributed by atoms with Gasteiger partial charge in [0.15, 0.2) is 0 Å². The number of carbonyl (C=O) groups is 3. The van der Waals surface area contributed by atoms with Gasteiger partial charge in [-0.15, -0.1) is 0 Å². The summed E-state index contributed by atoms with van der Waals surface area (Å²) in [5, 5.41) is 0. The zero-order chi connectivity index (χ0) is 28.8. The first-order chi connectivity index (χ1) is 17.3. The van der Waals surface area contributed by atoms with Crippen LogP contribution in [-0.2, 0) is 45.8 Å². The summed E-state index contributed by atoms with van der Waals surface area (Å²) >= 11 is 3.41. The van der Waals surface area contributed by atoms with Crippen molar-refractivity contribution in [3.63, 3.8) is 0 Å². The van der Waals surface area contributed by atoms with Gasteiger partial charge in [-0.3, -0.25) is 4.79 Å². The first kappa shape index (κ1) is 29.8. The van der Waals surface area contributed by atoms with E-state index in [1.54, 1.807) is 65.8 Å². The number of amides is 1. The molecule has 11 heteroatoms. The molecule has 1 amide bonds. The summed E-state index contributed by atoms with van der Waals surface area (Å²) in [7, 11) is -0.761. The molecule has 0 aromatic heterocycles. The summed E-state index contributed by atoms with van der Waals surface area (Å²) in [5.41, 5.74) is -3.25. The number of benzene rings is 2. The molecule has 2 aromatic carbocycles. The molecule has 38 heavy (non-hydrogen) atoms. The van der Waals surface area contributed by atoms with Crippen LogP contribution in [0.25, 0.3) is 0 Å². The van der Waals surface area contributed by atoms with Crippen molar-refractivity contribution in [3.05, 3.63) is 58.1 Å². The maximum Gasteiger partial charge on any atom is 0.338 e. The molecule has 0 atom stereocenters. The molecule has 0 spiro atoms. The third kappa shape index (κ3) is 5.64. The van der Waals surface area contributed by atoms with Crippen molar-refractivity contribution in [2.24, 2.45) is 0 Å². The Hall–Kier alpha value is -2.76. The number of halogens is 1. The molecule has 0 aliphatic carbocycles. The number of nitrogens with zero attached hydrogens (tertiary/aromatic N) is 2. The number of hydrogen-bond donors (Lipinski definition) is 0. The van der Waals surface area contributed by atoms with E-state index in [0.29, 0.717) is 15.7 Å². The third-order valence-electron chi connectivity index (χ3n) is 5.67. The van der Waals surface area contributed by atoms with Gasteiger partial charge in [-0.1, -0.05) is 34.1 Å². The van der Waals surface area contributed by atoms with Gasteiger partial charge in [-0.2, -0.15) is 0 Å². The fraction of sp³-hybridized carbons (Fsp3) is 0.444. The SMILES string of the molecule is CN(C)S(=O)(=O)c1ccc(CN2C(=O)C(C(=O)OC(C)(C)C)(C(=O)OC(C)(C)C)c3ccc(Br)cc32)cc1. The van der Waals surface area contributed by atoms with Gasteiger partial charge >= 0.3 is 11.9 Å². The average molecular weight is 610 g/mol. The molecule has 9 nitrogen and oxygen atoms in total. The first-order valence-electron chi connectivity index (χ1n) is 11.9. The number of carbonyl (C=O) groups excluding carboxylic acids is 3. The zero-order valence-corrected chi connectivity index (χ0v) is 25.2. The average Bonchev–Trinajstić information content (AvgIpc) is 3.00. The summed E-state index contributed by atoms with van der Waals surface area (Å²) in [6.07, 6.45) is 0. The van der Waals surface area contributed by atoms with Crippen molar-refractivity contribution in [1.29, 1.82) is 0 Å². The Morgan fingerprint density at radius 2 is 1.42 bits per heavy atom. The van der Waals surface area contributed by atoms with E-state index in [9.17, 15) is 22.8 Å². The second-order valence-electron chi connectivity index (χ2n) is 11.2. The molecule has 0 fully saturated rings. The lowest BCUT2D eigenvalue weighted by molar-refractivity contribution is -0.178. The molecule has 0 N–H and O–H groups in total. The Morgan fingerprint density at radius 3 is 1.87 bits per heavy atom. The van der Waals surface area contributed by atoms with Gasteiger partial charge in [0.05, 0.1) is 17.1 Å². The highest BCUT2D eigenvalue weighted by Gasteiger charge is 2.65. The van der Waals surface area contributed by atoms with E-state index in [1.807, 2.05) is 0 Å². The number of anilines is 1. The van der Waals surface area contributed by atoms with E-state index in [2.05, 4.69) is 15.9 Å². The molecule has 2 aromatic rings. The summed E-state index contributed by atoms with van der Waals surface area (Å²) in [5.74, 6) is -2.86. The van der Waals surface area contributed by atoms with Gasteiger partial charge < -0.3 is 14.4 Å². The molecule has 1 aliphatic rings. The van der Waals surface area contributed by atoms with E-state index in [1.165, 1.54) is 37.2 Å². The molecule has 3 rings (SSSR count). The lowest BCUT2D eigenvalue weighted by Gasteiger charge is -2.31. The van der Waals surface area contributed by atoms with Crippen LogP contribution in [0.15, 0.2) is 51.8 Å². The fourth-order valence-corrected chi connectivity index (χ4v) is 5.23. The van der Waals surface area contributed by atoms with Crippen LogP contribution in [0.1, 0.15) is 52.7 Å². The Morgan fingerprint density at radius 1 is 0.921 bits per heavy atom. The maximum absolute atomic E-state index is 14.2. The number of ether oxygens (including phenoxy) is 2. The van der Waals surface area contributed by atoms with Crippen molar-refractivity contribution < 1.29 is 32.3 Å². The van der Waals surface area contributed by atoms with Crippen LogP contribution in [0.4, 0.5) is 5.69 Å². The second-order valence-corrected chi connectivity index (χ2v) is 14.3. The number of esters is 2. The predicted octanol–water partition coefficient (Wildman–Crippen LogP) is 4.17. The lowest BCUT2D eigenvalue weighted by atomic mass is 9.81. The predicted molar refractivity (Wildman–Crippen MR) is 146 cm³/mol. The molecule has 0 bridgehead atoms. The first-order valence-corrected chi connectivity index (χ1v) is 14.1. The van der Waals surface area contributed by atoms with E-state index < -0.39 is 44.5 Å². The van der Waals surface area contributed by atoms with Crippen LogP contribution < -0.4 is 4.90 Å². The number of rotatable bonds is 6. The van der Waals surface area contributed by atoms with E-state index in [0.717, 1.165) is 4.31 Å². The molecular weight excluding hydrogens is 576 g/mol. The van der Waals surface area contributed by atoms with Gasteiger partial charge in [-0.05, 0) is 71.4 Å². The monoisotopic (exact) mass is 608 g/mol. The summed E-state index contributed by atoms with van der Waals surface area (Å²) in [6, 6.07) is 10.9. The minimum atomic E-state index is -3.64. The number of hydrogen-bond acceptors (Lipinski definition) is 7. The molecule has 0 radical (unpaired) electrons. The van der Waals surface area contributed by atoms with Crippen LogP contribution in [-0.4, -0.2) is 55.9 Å². The Bertz CT molecular complexity index is 1340. The Labute approximate surface area is 232 Å². The highest BCUT2D eigenvalue weighted by atomic mass is 79.9. The topological polar surface area (TPSA) is 110 Å². The van der Waals surface area contributed by atoms with E-state index in [4.69, 9.17) is 9.47 Å². The molecule has 1 aliphatic heterocycles. The zero-order valence-electron chi connectivity index (χ0n) is 22.8. The van der Waals surface area contributed by atoms with Gasteiger partial charge in [0.2, 0.25) is 10.0 Å². The van der Waals surface area contributed by atoms with Crippen LogP contribution >= 0.6 is 15.9 Å². The fourth-order valence-electron chi connectivity index (χ4n) is 3.98. The Kier molecular flexibility index (Phi) is 7.91. The van der Waals surface area contributed by atoms with Crippen molar-refractivity contribution in [3.8, 4) is 0 Å². The normalized spacial score (nSPS) is 15.4. The summed E-state index contributed by atoms with van der Waals surface area (Å²) in [4.78, 5) is 43.1. The second kappa shape index (κ2) is 10.1. The van der Waals surface area contributed by atoms with Crippen LogP contribution in [0.5, 0.6) is 0 Å². The summed E-state index contributed by atoms with van der Waals surface area (Å²) in [6.45, 7) is 9.87. The van der Waals surface area contributed by atoms with Crippen molar-refractivity contribution in [2.75, 3.05) is 19.0 Å². The molecule has 0 unspecified atom stereocenters. The largest absolute Gasteiger partial charge is 0.458 e. The Balaban J connectivity index is 2.15. The van der Waals surface area contributed by atoms with Crippen LogP contribution in [0, 0.1) is 0 Å². The summed E-state index contributed by atoms with van der Waals surface area (Å²) < 4.78 is 37.9. The van der Waals surface area contributed by atoms with E-state index >= 15 is 0 Å². The smallest absolute Gasteiger partial charge is 0.338 e. The molecule has 1 heterocycles. The highest BCUT2D eigenvalue weighted by Crippen LogP contribution is 2.46. The maximum atomic E-state index is 14.2. The molecule has 206 valence electrons. The standard InChI is InChI=1S/C27H33BrN2O7S/c1-25(2,3)36-23(32)27(24(33)37-26(4,5)6)20-14-11-18(28)15-21(20)30(22(27)31)16-17-9-12-19(13-10-17)38(34,35)29(7)8/h9-15H,16H2,1-8H3. The lowest BCUT2D eigenvalue weighted by Crippen LogP contribution is -2.56. The van der Waals surface area contributed by atoms with Gasteiger partial charge in [-0.25, -0.2) is 22.3 Å². The third-order valence-corrected chi connectivity index (χ3v) is 8.00. The minimum absolute atomic E-state index is 0.0298. The van der Waals surface area contributed by atoms with Crippen LogP contribution in [0.3, 0.4) is 0 Å². The molecule has 0 saturated carbocycles. The van der Waals surface area contributed by atoms with Gasteiger partial charge in [0.1, 0.15) is 11.2 Å². The van der Waals surface area contributed by atoms with Crippen molar-refractivity contribution in [1.82, 2.24) is 4.31 Å². The van der Waals surface area contributed by atoms with Crippen molar-refractivity contribution in [2.45, 2.75) is 69.6 Å². The van der Waals surface area contributed by atoms with Gasteiger partial charge in [0, 0.05) is 24.1 Å². The number of fused-ring (bicyclic) bond motifs is 1. The minimum Gasteiger partial charge on any atom is -0.458 e.